The highest BCUT2D eigenvalue weighted by Gasteiger charge is 2.58. The van der Waals surface area contributed by atoms with Gasteiger partial charge in [0, 0.05) is 7.11 Å². The first kappa shape index (κ1) is 12.6. The van der Waals surface area contributed by atoms with Crippen LogP contribution in [0.15, 0.2) is 24.3 Å². The highest BCUT2D eigenvalue weighted by molar-refractivity contribution is 5.89. The zero-order chi connectivity index (χ0) is 13.4. The average Bonchev–Trinajstić information content (AvgIpc) is 3.14. The van der Waals surface area contributed by atoms with Crippen molar-refractivity contribution in [3.05, 3.63) is 35.4 Å². The molecule has 0 aromatic heterocycles. The van der Waals surface area contributed by atoms with E-state index in [1.54, 1.807) is 19.2 Å². The van der Waals surface area contributed by atoms with Gasteiger partial charge in [0.25, 0.3) is 0 Å². The second-order valence-electron chi connectivity index (χ2n) is 4.81. The number of epoxide rings is 1. The Morgan fingerprint density at radius 2 is 1.95 bits per heavy atom. The van der Waals surface area contributed by atoms with Crippen molar-refractivity contribution in [1.29, 1.82) is 0 Å². The number of hydrogen-bond donors (Lipinski definition) is 0. The largest absolute Gasteiger partial charge is 0.459 e. The monoisotopic (exact) mass is 264 g/mol. The minimum Gasteiger partial charge on any atom is -0.459 e. The van der Waals surface area contributed by atoms with Gasteiger partial charge < -0.3 is 18.9 Å². The van der Waals surface area contributed by atoms with E-state index in [2.05, 4.69) is 0 Å². The van der Waals surface area contributed by atoms with Crippen LogP contribution in [-0.4, -0.2) is 44.3 Å². The van der Waals surface area contributed by atoms with Crippen LogP contribution < -0.4 is 0 Å². The van der Waals surface area contributed by atoms with E-state index in [9.17, 15) is 4.79 Å². The summed E-state index contributed by atoms with van der Waals surface area (Å²) in [4.78, 5) is 11.8. The third-order valence-corrected chi connectivity index (χ3v) is 3.40. The maximum absolute atomic E-state index is 11.8. The molecule has 0 amide bonds. The van der Waals surface area contributed by atoms with Crippen LogP contribution in [0, 0.1) is 6.92 Å². The minimum absolute atomic E-state index is 0.00392. The Bertz CT molecular complexity index is 469. The molecule has 0 radical (unpaired) electrons. The van der Waals surface area contributed by atoms with Crippen LogP contribution in [0.3, 0.4) is 0 Å². The fourth-order valence-electron chi connectivity index (χ4n) is 2.24. The molecule has 4 atom stereocenters. The van der Waals surface area contributed by atoms with Gasteiger partial charge in [0.1, 0.15) is 24.9 Å². The second-order valence-corrected chi connectivity index (χ2v) is 4.81. The van der Waals surface area contributed by atoms with Gasteiger partial charge in [0.15, 0.2) is 6.29 Å². The molecular weight excluding hydrogens is 248 g/mol. The van der Waals surface area contributed by atoms with E-state index in [0.717, 1.165) is 5.56 Å². The fraction of sp³-hybridized carbons (Fsp3) is 0.500. The number of aryl methyl sites for hydroxylation is 1. The van der Waals surface area contributed by atoms with Crippen molar-refractivity contribution >= 4 is 5.97 Å². The fourth-order valence-corrected chi connectivity index (χ4v) is 2.24. The minimum atomic E-state index is -0.346. The summed E-state index contributed by atoms with van der Waals surface area (Å²) in [6, 6.07) is 7.26. The number of carbonyl (C=O) groups is 1. The van der Waals surface area contributed by atoms with Crippen LogP contribution in [-0.2, 0) is 18.9 Å². The summed E-state index contributed by atoms with van der Waals surface area (Å²) in [6.45, 7) is 2.16. The Hall–Kier alpha value is -1.43. The van der Waals surface area contributed by atoms with Crippen molar-refractivity contribution in [2.24, 2.45) is 0 Å². The van der Waals surface area contributed by atoms with E-state index in [-0.39, 0.29) is 37.2 Å². The number of hydrogen-bond acceptors (Lipinski definition) is 5. The molecule has 0 unspecified atom stereocenters. The maximum Gasteiger partial charge on any atom is 0.338 e. The average molecular weight is 264 g/mol. The molecule has 0 aliphatic carbocycles. The number of benzene rings is 1. The lowest BCUT2D eigenvalue weighted by atomic mass is 10.1. The van der Waals surface area contributed by atoms with Gasteiger partial charge in [-0.25, -0.2) is 4.79 Å². The topological polar surface area (TPSA) is 57.3 Å². The SMILES string of the molecule is CO[C@@H]1O[C@H](COC(=O)c2ccc(C)cc2)[C@@H]2O[C@H]12. The number of fused-ring (bicyclic) bond motifs is 1. The highest BCUT2D eigenvalue weighted by Crippen LogP contribution is 2.39. The predicted octanol–water partition coefficient (Wildman–Crippen LogP) is 1.29. The Kier molecular flexibility index (Phi) is 3.26. The van der Waals surface area contributed by atoms with Crippen LogP contribution in [0.4, 0.5) is 0 Å². The van der Waals surface area contributed by atoms with E-state index in [1.165, 1.54) is 0 Å². The van der Waals surface area contributed by atoms with Gasteiger partial charge in [-0.3, -0.25) is 0 Å². The van der Waals surface area contributed by atoms with Gasteiger partial charge in [0.05, 0.1) is 5.56 Å². The molecule has 0 spiro atoms. The summed E-state index contributed by atoms with van der Waals surface area (Å²) in [5, 5.41) is 0. The summed E-state index contributed by atoms with van der Waals surface area (Å²) in [5.74, 6) is -0.346. The van der Waals surface area contributed by atoms with Crippen LogP contribution >= 0.6 is 0 Å². The van der Waals surface area contributed by atoms with Crippen molar-refractivity contribution in [3.8, 4) is 0 Å². The van der Waals surface area contributed by atoms with Crippen LogP contribution in [0.5, 0.6) is 0 Å². The molecule has 0 bridgehead atoms. The van der Waals surface area contributed by atoms with Crippen molar-refractivity contribution in [2.75, 3.05) is 13.7 Å². The Balaban J connectivity index is 1.53. The van der Waals surface area contributed by atoms with Crippen LogP contribution in [0.25, 0.3) is 0 Å². The van der Waals surface area contributed by atoms with Crippen molar-refractivity contribution < 1.29 is 23.7 Å². The number of methoxy groups -OCH3 is 1. The molecule has 2 aliphatic rings. The number of carbonyl (C=O) groups excluding carboxylic acids is 1. The lowest BCUT2D eigenvalue weighted by Gasteiger charge is -2.16. The molecule has 19 heavy (non-hydrogen) atoms. The molecule has 2 aliphatic heterocycles. The first-order chi connectivity index (χ1) is 9.19. The van der Waals surface area contributed by atoms with E-state index >= 15 is 0 Å². The zero-order valence-corrected chi connectivity index (χ0v) is 10.9. The first-order valence-electron chi connectivity index (χ1n) is 6.26. The number of rotatable bonds is 4. The van der Waals surface area contributed by atoms with Crippen molar-refractivity contribution in [2.45, 2.75) is 31.5 Å². The van der Waals surface area contributed by atoms with Crippen LogP contribution in [0.2, 0.25) is 0 Å². The standard InChI is InChI=1S/C14H16O5/c1-8-3-5-9(6-4-8)13(15)17-7-10-11-12(19-11)14(16-2)18-10/h3-6,10-12,14H,7H2,1-2H3/t10-,11+,12+,14-/m1/s1. The molecule has 2 saturated heterocycles. The van der Waals surface area contributed by atoms with Gasteiger partial charge in [-0.05, 0) is 19.1 Å². The van der Waals surface area contributed by atoms with Gasteiger partial charge in [-0.15, -0.1) is 0 Å². The molecule has 102 valence electrons. The van der Waals surface area contributed by atoms with Gasteiger partial charge >= 0.3 is 5.97 Å². The maximum atomic E-state index is 11.8. The zero-order valence-electron chi connectivity index (χ0n) is 10.9. The summed E-state index contributed by atoms with van der Waals surface area (Å²) in [7, 11) is 1.57. The number of ether oxygens (including phenoxy) is 4. The van der Waals surface area contributed by atoms with Gasteiger partial charge in [-0.2, -0.15) is 0 Å². The molecule has 1 aromatic carbocycles. The molecule has 5 heteroatoms. The Morgan fingerprint density at radius 3 is 2.58 bits per heavy atom. The van der Waals surface area contributed by atoms with E-state index in [4.69, 9.17) is 18.9 Å². The lowest BCUT2D eigenvalue weighted by Crippen LogP contribution is -2.26. The smallest absolute Gasteiger partial charge is 0.338 e. The van der Waals surface area contributed by atoms with Crippen molar-refractivity contribution in [1.82, 2.24) is 0 Å². The molecule has 2 fully saturated rings. The second kappa shape index (κ2) is 4.92. The summed E-state index contributed by atoms with van der Waals surface area (Å²) < 4.78 is 21.3. The van der Waals surface area contributed by atoms with Gasteiger partial charge in [-0.1, -0.05) is 17.7 Å². The Labute approximate surface area is 111 Å². The normalized spacial score (nSPS) is 31.9. The van der Waals surface area contributed by atoms with E-state index in [0.29, 0.717) is 5.56 Å². The number of esters is 1. The van der Waals surface area contributed by atoms with E-state index in [1.807, 2.05) is 19.1 Å². The summed E-state index contributed by atoms with van der Waals surface area (Å²) in [6.07, 6.45) is -0.582. The van der Waals surface area contributed by atoms with Crippen molar-refractivity contribution in [3.63, 3.8) is 0 Å². The Morgan fingerprint density at radius 1 is 1.21 bits per heavy atom. The van der Waals surface area contributed by atoms with Gasteiger partial charge in [0.2, 0.25) is 0 Å². The molecule has 1 aromatic rings. The highest BCUT2D eigenvalue weighted by atomic mass is 16.8. The summed E-state index contributed by atoms with van der Waals surface area (Å²) >= 11 is 0. The third kappa shape index (κ3) is 2.49. The molecule has 0 saturated carbocycles. The molecule has 3 rings (SSSR count). The quantitative estimate of drug-likeness (QED) is 0.606. The molecule has 2 heterocycles. The lowest BCUT2D eigenvalue weighted by molar-refractivity contribution is -0.166. The summed E-state index contributed by atoms with van der Waals surface area (Å²) in [5.41, 5.74) is 1.65. The first-order valence-corrected chi connectivity index (χ1v) is 6.26. The van der Waals surface area contributed by atoms with Crippen LogP contribution in [0.1, 0.15) is 15.9 Å². The molecule has 0 N–H and O–H groups in total. The predicted molar refractivity (Wildman–Crippen MR) is 65.8 cm³/mol. The van der Waals surface area contributed by atoms with E-state index < -0.39 is 0 Å². The molecular formula is C14H16O5. The molecule has 5 nitrogen and oxygen atoms in total. The third-order valence-electron chi connectivity index (χ3n) is 3.40.